The topological polar surface area (TPSA) is 89.9 Å². The van der Waals surface area contributed by atoms with E-state index in [0.717, 1.165) is 27.7 Å². The van der Waals surface area contributed by atoms with Gasteiger partial charge < -0.3 is 18.9 Å². The molecule has 1 aliphatic carbocycles. The maximum atomic E-state index is 13.4. The number of ether oxygens (including phenoxy) is 2. The molecule has 3 aromatic rings. The van der Waals surface area contributed by atoms with E-state index in [9.17, 15) is 13.2 Å². The minimum Gasteiger partial charge on any atom is -0.380 e. The highest BCUT2D eigenvalue weighted by atomic mass is 32.2. The first-order valence-electron chi connectivity index (χ1n) is 14.3. The molecule has 40 heavy (non-hydrogen) atoms. The summed E-state index contributed by atoms with van der Waals surface area (Å²) in [5.74, 6) is 0.481. The fourth-order valence-corrected chi connectivity index (χ4v) is 7.45. The van der Waals surface area contributed by atoms with E-state index in [4.69, 9.17) is 9.47 Å². The van der Waals surface area contributed by atoms with E-state index >= 15 is 0 Å². The van der Waals surface area contributed by atoms with E-state index in [0.29, 0.717) is 58.0 Å². The second kappa shape index (κ2) is 12.0. The Morgan fingerprint density at radius 1 is 1.07 bits per heavy atom. The Hall–Kier alpha value is -2.72. The monoisotopic (exact) mass is 567 g/mol. The smallest absolute Gasteiger partial charge is 0.240 e. The van der Waals surface area contributed by atoms with Crippen LogP contribution in [-0.2, 0) is 37.9 Å². The molecule has 0 spiro atoms. The zero-order chi connectivity index (χ0) is 28.4. The van der Waals surface area contributed by atoms with Gasteiger partial charge in [0, 0.05) is 49.3 Å². The zero-order valence-corrected chi connectivity index (χ0v) is 24.7. The van der Waals surface area contributed by atoms with Crippen molar-refractivity contribution in [1.82, 2.24) is 14.2 Å². The van der Waals surface area contributed by atoms with Gasteiger partial charge >= 0.3 is 0 Å². The third kappa shape index (κ3) is 5.98. The van der Waals surface area contributed by atoms with Crippen LogP contribution in [0.3, 0.4) is 0 Å². The summed E-state index contributed by atoms with van der Waals surface area (Å²) in [5.41, 5.74) is 4.04. The summed E-state index contributed by atoms with van der Waals surface area (Å²) < 4.78 is 42.6. The number of nitrogens with zero attached hydrogens (tertiary/aromatic N) is 2. The van der Waals surface area contributed by atoms with Crippen molar-refractivity contribution in [2.45, 2.75) is 63.1 Å². The number of hydrogen-bond donors (Lipinski definition) is 1. The predicted octanol–water partition coefficient (Wildman–Crippen LogP) is 4.71. The van der Waals surface area contributed by atoms with Crippen molar-refractivity contribution in [3.05, 3.63) is 54.1 Å². The predicted molar refractivity (Wildman–Crippen MR) is 156 cm³/mol. The van der Waals surface area contributed by atoms with Gasteiger partial charge in [0.05, 0.1) is 30.8 Å². The number of benzene rings is 2. The Bertz CT molecular complexity index is 1440. The third-order valence-electron chi connectivity index (χ3n) is 8.50. The number of sulfonamides is 1. The average Bonchev–Trinajstić information content (AvgIpc) is 3.29. The van der Waals surface area contributed by atoms with Crippen LogP contribution in [0, 0.1) is 11.8 Å². The Kier molecular flexibility index (Phi) is 8.66. The molecule has 1 saturated heterocycles. The molecule has 5 rings (SSSR count). The first-order valence-corrected chi connectivity index (χ1v) is 15.7. The number of morpholine rings is 1. The lowest BCUT2D eigenvalue weighted by atomic mass is 9.85. The number of hydrogen-bond acceptors (Lipinski definition) is 5. The number of carbonyl (C=O) groups excluding carboxylic acids is 1. The van der Waals surface area contributed by atoms with E-state index in [1.807, 2.05) is 34.7 Å². The number of aromatic nitrogens is 1. The second-order valence-corrected chi connectivity index (χ2v) is 13.2. The fourth-order valence-electron chi connectivity index (χ4n) is 6.12. The maximum absolute atomic E-state index is 13.4. The van der Waals surface area contributed by atoms with Crippen molar-refractivity contribution in [2.24, 2.45) is 18.9 Å². The fraction of sp³-hybridized carbons (Fsp3) is 0.516. The highest BCUT2D eigenvalue weighted by Crippen LogP contribution is 2.31. The van der Waals surface area contributed by atoms with Crippen LogP contribution in [0.2, 0.25) is 0 Å². The van der Waals surface area contributed by atoms with Gasteiger partial charge in [-0.05, 0) is 60.9 Å². The Balaban J connectivity index is 1.25. The lowest BCUT2D eigenvalue weighted by molar-refractivity contribution is -0.147. The summed E-state index contributed by atoms with van der Waals surface area (Å²) in [4.78, 5) is 15.6. The summed E-state index contributed by atoms with van der Waals surface area (Å²) in [6.07, 6.45) is 2.69. The Labute approximate surface area is 237 Å². The van der Waals surface area contributed by atoms with Gasteiger partial charge in [0.25, 0.3) is 0 Å². The Morgan fingerprint density at radius 3 is 2.48 bits per heavy atom. The van der Waals surface area contributed by atoms with Crippen molar-refractivity contribution >= 4 is 26.8 Å². The van der Waals surface area contributed by atoms with Gasteiger partial charge in [-0.3, -0.25) is 4.79 Å². The number of carbonyl (C=O) groups is 1. The maximum Gasteiger partial charge on any atom is 0.240 e. The second-order valence-electron chi connectivity index (χ2n) is 11.5. The molecule has 0 bridgehead atoms. The molecule has 1 atom stereocenters. The molecule has 8 nitrogen and oxygen atoms in total. The quantitative estimate of drug-likeness (QED) is 0.426. The summed E-state index contributed by atoms with van der Waals surface area (Å²) in [6.45, 7) is 6.62. The molecule has 2 aliphatic rings. The van der Waals surface area contributed by atoms with E-state index in [-0.39, 0.29) is 28.8 Å². The van der Waals surface area contributed by atoms with Crippen LogP contribution in [0.4, 0.5) is 0 Å². The van der Waals surface area contributed by atoms with Crippen LogP contribution in [0.15, 0.2) is 53.4 Å². The third-order valence-corrected chi connectivity index (χ3v) is 10.0. The summed E-state index contributed by atoms with van der Waals surface area (Å²) in [6, 6.07) is 15.5. The molecular weight excluding hydrogens is 526 g/mol. The lowest BCUT2D eigenvalue weighted by Gasteiger charge is -2.41. The normalized spacial score (nSPS) is 22.2. The van der Waals surface area contributed by atoms with E-state index in [1.54, 1.807) is 19.2 Å². The van der Waals surface area contributed by atoms with Crippen LogP contribution in [0.5, 0.6) is 0 Å². The number of aryl methyl sites for hydroxylation is 1. The standard InChI is InChI=1S/C31H41N3O5S/c1-21(2)30-20-39-16-15-34(30)31(35)24-9-12-26(13-10-24)32-40(36,37)27-14-11-25-17-28(33(3)29(25)18-27)23-7-5-22(6-8-23)19-38-4/h5-8,11,14,17-18,21,24,26,30,32H,9-10,12-13,15-16,19-20H2,1-4H3/t24?,26?,30-/m1/s1. The zero-order valence-electron chi connectivity index (χ0n) is 23.9. The molecule has 9 heteroatoms. The molecule has 1 saturated carbocycles. The minimum absolute atomic E-state index is 0.0539. The number of rotatable bonds is 8. The van der Waals surface area contributed by atoms with Gasteiger partial charge in [0.2, 0.25) is 15.9 Å². The van der Waals surface area contributed by atoms with Crippen molar-refractivity contribution in [3.63, 3.8) is 0 Å². The molecule has 216 valence electrons. The highest BCUT2D eigenvalue weighted by molar-refractivity contribution is 7.89. The van der Waals surface area contributed by atoms with Crippen LogP contribution in [-0.4, -0.2) is 62.7 Å². The van der Waals surface area contributed by atoms with Crippen molar-refractivity contribution in [1.29, 1.82) is 0 Å². The van der Waals surface area contributed by atoms with Crippen LogP contribution < -0.4 is 4.72 Å². The van der Waals surface area contributed by atoms with Crippen molar-refractivity contribution in [3.8, 4) is 11.3 Å². The van der Waals surface area contributed by atoms with Crippen LogP contribution in [0.1, 0.15) is 45.1 Å². The molecular formula is C31H41N3O5S. The van der Waals surface area contributed by atoms with Gasteiger partial charge in [-0.25, -0.2) is 13.1 Å². The van der Waals surface area contributed by atoms with Gasteiger partial charge in [-0.1, -0.05) is 44.2 Å². The largest absolute Gasteiger partial charge is 0.380 e. The SMILES string of the molecule is COCc1ccc(-c2cc3ccc(S(=O)(=O)NC4CCC(C(=O)N5CCOC[C@@H]5C(C)C)CC4)cc3n2C)cc1. The summed E-state index contributed by atoms with van der Waals surface area (Å²) >= 11 is 0. The van der Waals surface area contributed by atoms with Crippen LogP contribution >= 0.6 is 0 Å². The van der Waals surface area contributed by atoms with E-state index in [1.165, 1.54) is 0 Å². The molecule has 0 unspecified atom stereocenters. The highest BCUT2D eigenvalue weighted by Gasteiger charge is 2.36. The van der Waals surface area contributed by atoms with Crippen molar-refractivity contribution in [2.75, 3.05) is 26.9 Å². The minimum atomic E-state index is -3.70. The van der Waals surface area contributed by atoms with Gasteiger partial charge in [-0.2, -0.15) is 0 Å². The molecule has 0 radical (unpaired) electrons. The van der Waals surface area contributed by atoms with Crippen molar-refractivity contribution < 1.29 is 22.7 Å². The molecule has 2 aromatic carbocycles. The summed E-state index contributed by atoms with van der Waals surface area (Å²) in [5, 5.41) is 0.985. The molecule has 2 fully saturated rings. The molecule has 1 aliphatic heterocycles. The molecule has 1 amide bonds. The first-order chi connectivity index (χ1) is 19.2. The Morgan fingerprint density at radius 2 is 1.80 bits per heavy atom. The van der Waals surface area contributed by atoms with Crippen LogP contribution in [0.25, 0.3) is 22.2 Å². The van der Waals surface area contributed by atoms with Gasteiger partial charge in [0.1, 0.15) is 0 Å². The first kappa shape index (κ1) is 28.8. The number of methoxy groups -OCH3 is 1. The average molecular weight is 568 g/mol. The van der Waals surface area contributed by atoms with E-state index in [2.05, 4.69) is 36.8 Å². The van der Waals surface area contributed by atoms with Gasteiger partial charge in [-0.15, -0.1) is 0 Å². The summed E-state index contributed by atoms with van der Waals surface area (Å²) in [7, 11) is -0.0640. The number of fused-ring (bicyclic) bond motifs is 1. The molecule has 1 aromatic heterocycles. The molecule has 2 heterocycles. The number of amides is 1. The van der Waals surface area contributed by atoms with Gasteiger partial charge in [0.15, 0.2) is 0 Å². The lowest BCUT2D eigenvalue weighted by Crippen LogP contribution is -2.53. The van der Waals surface area contributed by atoms with E-state index < -0.39 is 10.0 Å². The molecule has 1 N–H and O–H groups in total. The number of nitrogens with one attached hydrogen (secondary N) is 1.